The third-order valence-electron chi connectivity index (χ3n) is 3.01. The van der Waals surface area contributed by atoms with Gasteiger partial charge >= 0.3 is 0 Å². The summed E-state index contributed by atoms with van der Waals surface area (Å²) in [7, 11) is 0. The van der Waals surface area contributed by atoms with E-state index in [1.165, 1.54) is 4.90 Å². The molecule has 2 aliphatic rings. The van der Waals surface area contributed by atoms with Crippen molar-refractivity contribution in [2.75, 3.05) is 13.2 Å². The minimum atomic E-state index is -0.520. The van der Waals surface area contributed by atoms with Gasteiger partial charge in [0.15, 0.2) is 0 Å². The fourth-order valence-electron chi connectivity index (χ4n) is 1.80. The lowest BCUT2D eigenvalue weighted by Gasteiger charge is -2.26. The molecule has 15 heavy (non-hydrogen) atoms. The van der Waals surface area contributed by atoms with E-state index in [9.17, 15) is 5.11 Å². The highest BCUT2D eigenvalue weighted by Gasteiger charge is 2.43. The minimum absolute atomic E-state index is 0.520. The molecule has 1 aromatic rings. The second-order valence-corrected chi connectivity index (χ2v) is 5.65. The molecule has 1 aliphatic heterocycles. The maximum absolute atomic E-state index is 10.1. The summed E-state index contributed by atoms with van der Waals surface area (Å²) in [4.78, 5) is 1.23. The van der Waals surface area contributed by atoms with Crippen LogP contribution in [0.25, 0.3) is 0 Å². The van der Waals surface area contributed by atoms with Crippen molar-refractivity contribution in [2.24, 2.45) is 0 Å². The molecule has 0 unspecified atom stereocenters. The van der Waals surface area contributed by atoms with Crippen LogP contribution in [0.3, 0.4) is 0 Å². The molecule has 0 atom stereocenters. The van der Waals surface area contributed by atoms with Crippen molar-refractivity contribution in [3.8, 4) is 0 Å². The molecule has 0 aromatic heterocycles. The molecule has 0 bridgehead atoms. The molecule has 3 heteroatoms. The van der Waals surface area contributed by atoms with Crippen LogP contribution in [0.5, 0.6) is 0 Å². The van der Waals surface area contributed by atoms with E-state index in [0.717, 1.165) is 31.6 Å². The number of aliphatic hydroxyl groups is 1. The molecule has 1 saturated heterocycles. The topological polar surface area (TPSA) is 29.5 Å². The molecule has 1 aliphatic carbocycles. The monoisotopic (exact) mass is 222 g/mol. The molecule has 80 valence electrons. The molecule has 0 amide bonds. The summed E-state index contributed by atoms with van der Waals surface area (Å²) in [5.74, 6) is 0. The maximum Gasteiger partial charge on any atom is 0.0909 e. The molecule has 1 aromatic carbocycles. The summed E-state index contributed by atoms with van der Waals surface area (Å²) >= 11 is 1.84. The van der Waals surface area contributed by atoms with Crippen LogP contribution >= 0.6 is 11.8 Å². The van der Waals surface area contributed by atoms with Crippen molar-refractivity contribution in [2.45, 2.75) is 28.6 Å². The van der Waals surface area contributed by atoms with E-state index in [2.05, 4.69) is 12.1 Å². The summed E-state index contributed by atoms with van der Waals surface area (Å²) in [5, 5.41) is 10.7. The van der Waals surface area contributed by atoms with Crippen LogP contribution in [-0.2, 0) is 10.3 Å². The Morgan fingerprint density at radius 2 is 2.00 bits per heavy atom. The van der Waals surface area contributed by atoms with Gasteiger partial charge in [-0.25, -0.2) is 0 Å². The van der Waals surface area contributed by atoms with Gasteiger partial charge in [-0.05, 0) is 24.5 Å². The first kappa shape index (κ1) is 9.70. The Morgan fingerprint density at radius 3 is 2.60 bits per heavy atom. The van der Waals surface area contributed by atoms with Crippen LogP contribution in [0.15, 0.2) is 29.2 Å². The van der Waals surface area contributed by atoms with Gasteiger partial charge in [-0.15, -0.1) is 11.8 Å². The molecule has 1 N–H and O–H groups in total. The van der Waals surface area contributed by atoms with Crippen molar-refractivity contribution in [1.29, 1.82) is 0 Å². The van der Waals surface area contributed by atoms with Crippen LogP contribution in [-0.4, -0.2) is 23.6 Å². The number of benzene rings is 1. The average Bonchev–Trinajstić information content (AvgIpc) is 2.92. The molecular formula is C12H14O2S. The van der Waals surface area contributed by atoms with E-state index in [0.29, 0.717) is 5.25 Å². The van der Waals surface area contributed by atoms with Gasteiger partial charge in [0.05, 0.1) is 24.1 Å². The fourth-order valence-corrected chi connectivity index (χ4v) is 3.03. The Labute approximate surface area is 93.6 Å². The molecule has 0 spiro atoms. The third kappa shape index (κ3) is 1.80. The lowest BCUT2D eigenvalue weighted by atomic mass is 10.1. The van der Waals surface area contributed by atoms with Gasteiger partial charge in [-0.2, -0.15) is 0 Å². The van der Waals surface area contributed by atoms with E-state index >= 15 is 0 Å². The highest BCUT2D eigenvalue weighted by Crippen LogP contribution is 2.49. The van der Waals surface area contributed by atoms with Crippen molar-refractivity contribution in [1.82, 2.24) is 0 Å². The normalized spacial score (nSPS) is 23.5. The summed E-state index contributed by atoms with van der Waals surface area (Å²) in [6.45, 7) is 1.69. The molecule has 2 nitrogen and oxygen atoms in total. The van der Waals surface area contributed by atoms with Gasteiger partial charge in [-0.3, -0.25) is 0 Å². The zero-order valence-corrected chi connectivity index (χ0v) is 9.30. The largest absolute Gasteiger partial charge is 0.385 e. The Bertz CT molecular complexity index is 370. The van der Waals surface area contributed by atoms with Gasteiger partial charge in [-0.1, -0.05) is 18.2 Å². The first-order valence-corrected chi connectivity index (χ1v) is 6.22. The summed E-state index contributed by atoms with van der Waals surface area (Å²) in [5.41, 5.74) is 0.593. The summed E-state index contributed by atoms with van der Waals surface area (Å²) in [6.07, 6.45) is 1.82. The Balaban J connectivity index is 1.85. The predicted molar refractivity (Wildman–Crippen MR) is 60.0 cm³/mol. The van der Waals surface area contributed by atoms with Crippen LogP contribution in [0.1, 0.15) is 18.4 Å². The zero-order chi connectivity index (χ0) is 10.3. The van der Waals surface area contributed by atoms with Crippen LogP contribution in [0, 0.1) is 0 Å². The van der Waals surface area contributed by atoms with Crippen molar-refractivity contribution in [3.05, 3.63) is 29.8 Å². The van der Waals surface area contributed by atoms with E-state index < -0.39 is 5.60 Å². The van der Waals surface area contributed by atoms with Gasteiger partial charge in [0.2, 0.25) is 0 Å². The Kier molecular flexibility index (Phi) is 2.27. The minimum Gasteiger partial charge on any atom is -0.385 e. The Hall–Kier alpha value is -0.510. The number of hydrogen-bond donors (Lipinski definition) is 1. The third-order valence-corrected chi connectivity index (χ3v) is 4.23. The van der Waals surface area contributed by atoms with Gasteiger partial charge < -0.3 is 9.84 Å². The lowest BCUT2D eigenvalue weighted by molar-refractivity contribution is 0.0454. The first-order valence-electron chi connectivity index (χ1n) is 5.34. The Morgan fingerprint density at radius 1 is 1.27 bits per heavy atom. The SMILES string of the molecule is OC1(c2ccccc2SC2COC2)CC1. The zero-order valence-electron chi connectivity index (χ0n) is 8.48. The number of ether oxygens (including phenoxy) is 1. The first-order chi connectivity index (χ1) is 7.28. The molecular weight excluding hydrogens is 208 g/mol. The molecule has 1 heterocycles. The quantitative estimate of drug-likeness (QED) is 0.850. The van der Waals surface area contributed by atoms with E-state index in [1.807, 2.05) is 23.9 Å². The standard InChI is InChI=1S/C12H14O2S/c13-12(5-6-12)10-3-1-2-4-11(10)15-9-7-14-8-9/h1-4,9,13H,5-8H2. The average molecular weight is 222 g/mol. The van der Waals surface area contributed by atoms with Gasteiger partial charge in [0, 0.05) is 4.90 Å². The number of thioether (sulfide) groups is 1. The smallest absolute Gasteiger partial charge is 0.0909 e. The van der Waals surface area contributed by atoms with Crippen LogP contribution < -0.4 is 0 Å². The number of rotatable bonds is 3. The van der Waals surface area contributed by atoms with Crippen LogP contribution in [0.4, 0.5) is 0 Å². The molecule has 2 fully saturated rings. The highest BCUT2D eigenvalue weighted by molar-refractivity contribution is 8.00. The molecule has 3 rings (SSSR count). The van der Waals surface area contributed by atoms with Crippen molar-refractivity contribution >= 4 is 11.8 Å². The summed E-state index contributed by atoms with van der Waals surface area (Å²) < 4.78 is 5.16. The second kappa shape index (κ2) is 3.51. The van der Waals surface area contributed by atoms with Gasteiger partial charge in [0.1, 0.15) is 0 Å². The van der Waals surface area contributed by atoms with E-state index in [4.69, 9.17) is 4.74 Å². The van der Waals surface area contributed by atoms with Gasteiger partial charge in [0.25, 0.3) is 0 Å². The van der Waals surface area contributed by atoms with Crippen molar-refractivity contribution in [3.63, 3.8) is 0 Å². The molecule has 0 radical (unpaired) electrons. The van der Waals surface area contributed by atoms with E-state index in [-0.39, 0.29) is 0 Å². The lowest BCUT2D eigenvalue weighted by Crippen LogP contribution is -2.30. The predicted octanol–water partition coefficient (Wildman–Crippen LogP) is 2.16. The molecule has 1 saturated carbocycles. The van der Waals surface area contributed by atoms with Crippen molar-refractivity contribution < 1.29 is 9.84 Å². The number of hydrogen-bond acceptors (Lipinski definition) is 3. The van der Waals surface area contributed by atoms with E-state index in [1.54, 1.807) is 0 Å². The fraction of sp³-hybridized carbons (Fsp3) is 0.500. The summed E-state index contributed by atoms with van der Waals surface area (Å²) in [6, 6.07) is 8.20. The van der Waals surface area contributed by atoms with Crippen LogP contribution in [0.2, 0.25) is 0 Å². The maximum atomic E-state index is 10.1. The highest BCUT2D eigenvalue weighted by atomic mass is 32.2. The second-order valence-electron chi connectivity index (χ2n) is 4.31.